The van der Waals surface area contributed by atoms with Crippen molar-refractivity contribution in [2.45, 2.75) is 58.4 Å². The summed E-state index contributed by atoms with van der Waals surface area (Å²) in [6.45, 7) is 7.13. The minimum Gasteiger partial charge on any atom is -0.354 e. The fraction of sp³-hybridized carbons (Fsp3) is 0.440. The van der Waals surface area contributed by atoms with Gasteiger partial charge < -0.3 is 10.2 Å². The Balaban J connectivity index is 2.09. The van der Waals surface area contributed by atoms with Crippen molar-refractivity contribution in [1.82, 2.24) is 10.2 Å². The molecule has 0 aliphatic heterocycles. The molecule has 0 bridgehead atoms. The molecule has 168 valence electrons. The van der Waals surface area contributed by atoms with E-state index in [0.717, 1.165) is 24.2 Å². The van der Waals surface area contributed by atoms with Crippen molar-refractivity contribution in [3.63, 3.8) is 0 Å². The number of hydrogen-bond acceptors (Lipinski definition) is 3. The number of amides is 2. The van der Waals surface area contributed by atoms with Crippen LogP contribution in [0.4, 0.5) is 0 Å². The van der Waals surface area contributed by atoms with Crippen LogP contribution in [0.25, 0.3) is 0 Å². The van der Waals surface area contributed by atoms with Gasteiger partial charge in [-0.05, 0) is 43.0 Å². The Labute approximate surface area is 195 Å². The van der Waals surface area contributed by atoms with Crippen LogP contribution in [0.2, 0.25) is 5.02 Å². The predicted octanol–water partition coefficient (Wildman–Crippen LogP) is 5.61. The monoisotopic (exact) mass is 460 g/mol. The molecule has 0 fully saturated rings. The summed E-state index contributed by atoms with van der Waals surface area (Å²) in [5.41, 5.74) is 3.37. The van der Waals surface area contributed by atoms with Gasteiger partial charge in [0.25, 0.3) is 0 Å². The molecule has 0 aromatic heterocycles. The largest absolute Gasteiger partial charge is 0.354 e. The molecule has 6 heteroatoms. The highest BCUT2D eigenvalue weighted by Crippen LogP contribution is 2.19. The van der Waals surface area contributed by atoms with Crippen LogP contribution in [0, 0.1) is 6.92 Å². The number of rotatable bonds is 12. The Morgan fingerprint density at radius 3 is 2.48 bits per heavy atom. The van der Waals surface area contributed by atoms with Gasteiger partial charge in [0, 0.05) is 23.9 Å². The first-order valence-electron chi connectivity index (χ1n) is 10.9. The second kappa shape index (κ2) is 13.4. The van der Waals surface area contributed by atoms with Crippen LogP contribution in [-0.4, -0.2) is 35.1 Å². The van der Waals surface area contributed by atoms with Crippen molar-refractivity contribution >= 4 is 35.2 Å². The zero-order valence-electron chi connectivity index (χ0n) is 18.7. The lowest BCUT2D eigenvalue weighted by atomic mass is 10.1. The lowest BCUT2D eigenvalue weighted by molar-refractivity contribution is -0.139. The first-order chi connectivity index (χ1) is 14.9. The molecule has 1 N–H and O–H groups in total. The Bertz CT molecular complexity index is 842. The van der Waals surface area contributed by atoms with E-state index in [2.05, 4.69) is 37.4 Å². The lowest BCUT2D eigenvalue weighted by Crippen LogP contribution is -2.49. The number of unbranched alkanes of at least 4 members (excludes halogenated alkanes) is 1. The van der Waals surface area contributed by atoms with Crippen molar-refractivity contribution < 1.29 is 9.59 Å². The van der Waals surface area contributed by atoms with E-state index in [9.17, 15) is 9.59 Å². The second-order valence-corrected chi connectivity index (χ2v) is 9.12. The summed E-state index contributed by atoms with van der Waals surface area (Å²) < 4.78 is 0. The molecule has 0 aliphatic rings. The fourth-order valence-electron chi connectivity index (χ4n) is 3.35. The van der Waals surface area contributed by atoms with Crippen LogP contribution in [-0.2, 0) is 21.9 Å². The molecule has 0 heterocycles. The number of halogens is 1. The fourth-order valence-corrected chi connectivity index (χ4v) is 4.34. The van der Waals surface area contributed by atoms with E-state index >= 15 is 0 Å². The molecule has 0 spiro atoms. The molecule has 2 rings (SSSR count). The van der Waals surface area contributed by atoms with Gasteiger partial charge in [-0.2, -0.15) is 0 Å². The topological polar surface area (TPSA) is 49.4 Å². The molecule has 1 atom stereocenters. The van der Waals surface area contributed by atoms with Gasteiger partial charge in [-0.25, -0.2) is 0 Å². The molecule has 31 heavy (non-hydrogen) atoms. The highest BCUT2D eigenvalue weighted by Gasteiger charge is 2.28. The van der Waals surface area contributed by atoms with Crippen molar-refractivity contribution in [2.24, 2.45) is 0 Å². The number of benzene rings is 2. The maximum absolute atomic E-state index is 13.2. The minimum atomic E-state index is -0.486. The quantitative estimate of drug-likeness (QED) is 0.419. The number of nitrogens with zero attached hydrogens (tertiary/aromatic N) is 1. The van der Waals surface area contributed by atoms with Crippen LogP contribution >= 0.6 is 23.4 Å². The summed E-state index contributed by atoms with van der Waals surface area (Å²) in [4.78, 5) is 27.8. The molecule has 4 nitrogen and oxygen atoms in total. The van der Waals surface area contributed by atoms with Crippen LogP contribution in [0.15, 0.2) is 48.5 Å². The lowest BCUT2D eigenvalue weighted by Gasteiger charge is -2.30. The molecular weight excluding hydrogens is 428 g/mol. The Morgan fingerprint density at radius 2 is 1.84 bits per heavy atom. The summed E-state index contributed by atoms with van der Waals surface area (Å²) in [6, 6.07) is 15.3. The van der Waals surface area contributed by atoms with E-state index in [0.29, 0.717) is 30.3 Å². The van der Waals surface area contributed by atoms with Gasteiger partial charge in [0.15, 0.2) is 0 Å². The van der Waals surface area contributed by atoms with Crippen molar-refractivity contribution in [3.8, 4) is 0 Å². The number of nitrogens with one attached hydrogen (secondary N) is 1. The molecule has 0 saturated carbocycles. The van der Waals surface area contributed by atoms with E-state index in [1.807, 2.05) is 37.3 Å². The number of carbonyl (C=O) groups excluding carboxylic acids is 2. The summed E-state index contributed by atoms with van der Waals surface area (Å²) in [5, 5.41) is 3.64. The Hall–Kier alpha value is -1.98. The molecule has 2 aromatic carbocycles. The SMILES string of the molecule is CCCCNC(=O)[C@H](CC)N(Cc1ccc(Cl)cc1)C(=O)CSCc1cccc(C)c1. The molecule has 0 aliphatic carbocycles. The summed E-state index contributed by atoms with van der Waals surface area (Å²) >= 11 is 7.59. The van der Waals surface area contributed by atoms with Crippen LogP contribution in [0.1, 0.15) is 49.8 Å². The number of carbonyl (C=O) groups is 2. The van der Waals surface area contributed by atoms with Crippen molar-refractivity contribution in [3.05, 3.63) is 70.2 Å². The molecular formula is C25H33ClN2O2S. The highest BCUT2D eigenvalue weighted by molar-refractivity contribution is 7.99. The summed E-state index contributed by atoms with van der Waals surface area (Å²) in [5.74, 6) is 0.995. The average molecular weight is 461 g/mol. The summed E-state index contributed by atoms with van der Waals surface area (Å²) in [6.07, 6.45) is 2.51. The van der Waals surface area contributed by atoms with Gasteiger partial charge in [0.1, 0.15) is 6.04 Å². The molecule has 0 unspecified atom stereocenters. The minimum absolute atomic E-state index is 0.0231. The van der Waals surface area contributed by atoms with Gasteiger partial charge in [-0.1, -0.05) is 73.8 Å². The van der Waals surface area contributed by atoms with Crippen LogP contribution in [0.3, 0.4) is 0 Å². The third-order valence-corrected chi connectivity index (χ3v) is 6.30. The number of hydrogen-bond donors (Lipinski definition) is 1. The summed E-state index contributed by atoms with van der Waals surface area (Å²) in [7, 11) is 0. The zero-order valence-corrected chi connectivity index (χ0v) is 20.3. The molecule has 0 saturated heterocycles. The number of thioether (sulfide) groups is 1. The first kappa shape index (κ1) is 25.3. The van der Waals surface area contributed by atoms with Gasteiger partial charge >= 0.3 is 0 Å². The molecule has 2 aromatic rings. The normalized spacial score (nSPS) is 11.7. The van der Waals surface area contributed by atoms with E-state index in [1.54, 1.807) is 16.7 Å². The first-order valence-corrected chi connectivity index (χ1v) is 12.4. The van der Waals surface area contributed by atoms with Crippen molar-refractivity contribution in [1.29, 1.82) is 0 Å². The average Bonchev–Trinajstić information content (AvgIpc) is 2.75. The maximum Gasteiger partial charge on any atom is 0.242 e. The van der Waals surface area contributed by atoms with E-state index in [1.165, 1.54) is 11.1 Å². The molecule has 2 amide bonds. The maximum atomic E-state index is 13.2. The Morgan fingerprint density at radius 1 is 1.10 bits per heavy atom. The highest BCUT2D eigenvalue weighted by atomic mass is 35.5. The predicted molar refractivity (Wildman–Crippen MR) is 131 cm³/mol. The van der Waals surface area contributed by atoms with Gasteiger partial charge in [-0.15, -0.1) is 11.8 Å². The zero-order chi connectivity index (χ0) is 22.6. The third kappa shape index (κ3) is 8.58. The Kier molecular flexibility index (Phi) is 11.0. The smallest absolute Gasteiger partial charge is 0.242 e. The van der Waals surface area contributed by atoms with E-state index < -0.39 is 6.04 Å². The van der Waals surface area contributed by atoms with Crippen LogP contribution in [0.5, 0.6) is 0 Å². The van der Waals surface area contributed by atoms with Crippen LogP contribution < -0.4 is 5.32 Å². The number of aryl methyl sites for hydroxylation is 1. The van der Waals surface area contributed by atoms with Gasteiger partial charge in [-0.3, -0.25) is 9.59 Å². The van der Waals surface area contributed by atoms with Crippen molar-refractivity contribution in [2.75, 3.05) is 12.3 Å². The standard InChI is InChI=1S/C25H33ClN2O2S/c1-4-6-14-27-25(30)23(5-2)28(16-20-10-12-22(26)13-11-20)24(29)18-31-17-21-9-7-8-19(3)15-21/h7-13,15,23H,4-6,14,16-18H2,1-3H3,(H,27,30)/t23-/m0/s1. The second-order valence-electron chi connectivity index (χ2n) is 7.70. The van der Waals surface area contributed by atoms with E-state index in [-0.39, 0.29) is 11.8 Å². The van der Waals surface area contributed by atoms with Gasteiger partial charge in [0.2, 0.25) is 11.8 Å². The third-order valence-electron chi connectivity index (χ3n) is 5.06. The molecule has 0 radical (unpaired) electrons. The van der Waals surface area contributed by atoms with E-state index in [4.69, 9.17) is 11.6 Å². The van der Waals surface area contributed by atoms with Gasteiger partial charge in [0.05, 0.1) is 5.75 Å².